The molecule has 3 nitrogen and oxygen atoms in total. The summed E-state index contributed by atoms with van der Waals surface area (Å²) in [5.41, 5.74) is 2.65. The van der Waals surface area contributed by atoms with Gasteiger partial charge in [0.15, 0.2) is 0 Å². The molecular formula is C14H18N2O. The highest BCUT2D eigenvalue weighted by Crippen LogP contribution is 2.12. The minimum Gasteiger partial charge on any atom is -0.393 e. The fourth-order valence-electron chi connectivity index (χ4n) is 1.96. The van der Waals surface area contributed by atoms with Crippen LogP contribution in [0.5, 0.6) is 0 Å². The highest BCUT2D eigenvalue weighted by Gasteiger charge is 2.09. The van der Waals surface area contributed by atoms with Gasteiger partial charge in [-0.1, -0.05) is 26.0 Å². The first-order valence-corrected chi connectivity index (χ1v) is 6.04. The van der Waals surface area contributed by atoms with Gasteiger partial charge in [-0.15, -0.1) is 0 Å². The smallest absolute Gasteiger partial charge is 0.0890 e. The summed E-state index contributed by atoms with van der Waals surface area (Å²) < 4.78 is 0. The molecule has 0 amide bonds. The summed E-state index contributed by atoms with van der Waals surface area (Å²) in [4.78, 5) is 8.84. The van der Waals surface area contributed by atoms with Crippen molar-refractivity contribution in [3.05, 3.63) is 36.2 Å². The van der Waals surface area contributed by atoms with Crippen molar-refractivity contribution in [3.8, 4) is 0 Å². The number of aliphatic hydroxyl groups is 1. The van der Waals surface area contributed by atoms with E-state index < -0.39 is 0 Å². The fraction of sp³-hybridized carbons (Fsp3) is 0.429. The Bertz CT molecular complexity index is 496. The molecule has 2 aromatic rings. The number of hydrogen-bond donors (Lipinski definition) is 1. The van der Waals surface area contributed by atoms with Gasteiger partial charge in [0.2, 0.25) is 0 Å². The van der Waals surface area contributed by atoms with Crippen molar-refractivity contribution in [2.75, 3.05) is 0 Å². The Labute approximate surface area is 102 Å². The maximum absolute atomic E-state index is 9.88. The first kappa shape index (κ1) is 12.0. The third-order valence-electron chi connectivity index (χ3n) is 2.69. The van der Waals surface area contributed by atoms with Crippen molar-refractivity contribution in [2.45, 2.75) is 32.8 Å². The lowest BCUT2D eigenvalue weighted by molar-refractivity contribution is 0.148. The van der Waals surface area contributed by atoms with E-state index in [-0.39, 0.29) is 6.10 Å². The zero-order valence-corrected chi connectivity index (χ0v) is 10.3. The summed E-state index contributed by atoms with van der Waals surface area (Å²) in [5, 5.41) is 9.88. The average Bonchev–Trinajstić information content (AvgIpc) is 2.27. The van der Waals surface area contributed by atoms with Gasteiger partial charge in [0.25, 0.3) is 0 Å². The highest BCUT2D eigenvalue weighted by atomic mass is 16.3. The van der Waals surface area contributed by atoms with Crippen LogP contribution in [0.4, 0.5) is 0 Å². The second kappa shape index (κ2) is 5.23. The van der Waals surface area contributed by atoms with Crippen LogP contribution in [0.1, 0.15) is 26.0 Å². The summed E-state index contributed by atoms with van der Waals surface area (Å²) in [6.07, 6.45) is 2.81. The van der Waals surface area contributed by atoms with Crippen molar-refractivity contribution in [1.82, 2.24) is 9.97 Å². The van der Waals surface area contributed by atoms with Gasteiger partial charge in [0.05, 0.1) is 22.8 Å². The largest absolute Gasteiger partial charge is 0.393 e. The molecule has 0 bridgehead atoms. The number of nitrogens with zero attached hydrogens (tertiary/aromatic N) is 2. The zero-order chi connectivity index (χ0) is 12.3. The van der Waals surface area contributed by atoms with E-state index in [4.69, 9.17) is 0 Å². The average molecular weight is 230 g/mol. The number of rotatable bonds is 4. The molecule has 0 saturated heterocycles. The number of aliphatic hydroxyl groups excluding tert-OH is 1. The Hall–Kier alpha value is -1.48. The zero-order valence-electron chi connectivity index (χ0n) is 10.3. The minimum atomic E-state index is -0.328. The predicted octanol–water partition coefficient (Wildman–Crippen LogP) is 2.58. The second-order valence-electron chi connectivity index (χ2n) is 4.84. The molecule has 0 aliphatic rings. The van der Waals surface area contributed by atoms with Crippen molar-refractivity contribution in [1.29, 1.82) is 0 Å². The monoisotopic (exact) mass is 230 g/mol. The molecule has 1 N–H and O–H groups in total. The van der Waals surface area contributed by atoms with E-state index in [1.54, 1.807) is 6.20 Å². The van der Waals surface area contributed by atoms with Gasteiger partial charge in [-0.25, -0.2) is 4.98 Å². The van der Waals surface area contributed by atoms with E-state index in [0.29, 0.717) is 12.3 Å². The van der Waals surface area contributed by atoms with Crippen molar-refractivity contribution >= 4 is 11.0 Å². The van der Waals surface area contributed by atoms with Gasteiger partial charge >= 0.3 is 0 Å². The van der Waals surface area contributed by atoms with Gasteiger partial charge in [-0.05, 0) is 24.5 Å². The molecule has 1 aromatic heterocycles. The van der Waals surface area contributed by atoms with Gasteiger partial charge in [0.1, 0.15) is 0 Å². The van der Waals surface area contributed by atoms with E-state index in [0.717, 1.165) is 23.1 Å². The van der Waals surface area contributed by atoms with E-state index in [9.17, 15) is 5.11 Å². The Morgan fingerprint density at radius 1 is 1.18 bits per heavy atom. The number of aromatic nitrogens is 2. The van der Waals surface area contributed by atoms with Crippen LogP contribution >= 0.6 is 0 Å². The lowest BCUT2D eigenvalue weighted by Gasteiger charge is -2.12. The Morgan fingerprint density at radius 2 is 1.88 bits per heavy atom. The van der Waals surface area contributed by atoms with Crippen molar-refractivity contribution in [3.63, 3.8) is 0 Å². The molecule has 17 heavy (non-hydrogen) atoms. The molecule has 1 atom stereocenters. The number of fused-ring (bicyclic) bond motifs is 1. The molecule has 0 aliphatic heterocycles. The third kappa shape index (κ3) is 3.24. The lowest BCUT2D eigenvalue weighted by Crippen LogP contribution is -2.14. The Balaban J connectivity index is 2.14. The van der Waals surface area contributed by atoms with Crippen molar-refractivity contribution < 1.29 is 5.11 Å². The lowest BCUT2D eigenvalue weighted by atomic mass is 10.0. The molecule has 1 heterocycles. The predicted molar refractivity (Wildman–Crippen MR) is 68.7 cm³/mol. The first-order chi connectivity index (χ1) is 8.15. The van der Waals surface area contributed by atoms with Gasteiger partial charge < -0.3 is 5.11 Å². The van der Waals surface area contributed by atoms with Crippen LogP contribution < -0.4 is 0 Å². The van der Waals surface area contributed by atoms with Crippen LogP contribution in [-0.4, -0.2) is 21.2 Å². The summed E-state index contributed by atoms with van der Waals surface area (Å²) >= 11 is 0. The van der Waals surface area contributed by atoms with Crippen molar-refractivity contribution in [2.24, 2.45) is 5.92 Å². The Kier molecular flexibility index (Phi) is 3.69. The topological polar surface area (TPSA) is 46.0 Å². The summed E-state index contributed by atoms with van der Waals surface area (Å²) in [5.74, 6) is 0.499. The van der Waals surface area contributed by atoms with E-state index in [1.807, 2.05) is 24.3 Å². The molecule has 3 heteroatoms. The molecule has 0 radical (unpaired) electrons. The quantitative estimate of drug-likeness (QED) is 0.878. The van der Waals surface area contributed by atoms with Gasteiger partial charge in [-0.2, -0.15) is 0 Å². The van der Waals surface area contributed by atoms with E-state index in [1.165, 1.54) is 0 Å². The highest BCUT2D eigenvalue weighted by molar-refractivity contribution is 5.73. The van der Waals surface area contributed by atoms with Crippen LogP contribution in [0, 0.1) is 5.92 Å². The molecule has 0 spiro atoms. The number of para-hydroxylation sites is 2. The molecule has 0 fully saturated rings. The molecule has 0 saturated carbocycles. The fourth-order valence-corrected chi connectivity index (χ4v) is 1.96. The van der Waals surface area contributed by atoms with Crippen LogP contribution in [-0.2, 0) is 6.42 Å². The number of hydrogen-bond acceptors (Lipinski definition) is 3. The van der Waals surface area contributed by atoms with Gasteiger partial charge in [0, 0.05) is 12.6 Å². The molecule has 0 aliphatic carbocycles. The SMILES string of the molecule is CC(C)CC(O)Cc1cnc2ccccc2n1. The molecular weight excluding hydrogens is 212 g/mol. The van der Waals surface area contributed by atoms with Crippen LogP contribution in [0.2, 0.25) is 0 Å². The normalized spacial score (nSPS) is 13.2. The van der Waals surface area contributed by atoms with Gasteiger partial charge in [-0.3, -0.25) is 4.98 Å². The van der Waals surface area contributed by atoms with Crippen LogP contribution in [0.3, 0.4) is 0 Å². The molecule has 2 rings (SSSR count). The summed E-state index contributed by atoms with van der Waals surface area (Å²) in [6, 6.07) is 7.78. The van der Waals surface area contributed by atoms with E-state index >= 15 is 0 Å². The summed E-state index contributed by atoms with van der Waals surface area (Å²) in [7, 11) is 0. The Morgan fingerprint density at radius 3 is 2.59 bits per heavy atom. The standard InChI is InChI=1S/C14H18N2O/c1-10(2)7-12(17)8-11-9-15-13-5-3-4-6-14(13)16-11/h3-6,9-10,12,17H,7-8H2,1-2H3. The van der Waals surface area contributed by atoms with Crippen LogP contribution in [0.15, 0.2) is 30.5 Å². The summed E-state index contributed by atoms with van der Waals surface area (Å²) in [6.45, 7) is 4.21. The molecule has 1 unspecified atom stereocenters. The maximum atomic E-state index is 9.88. The van der Waals surface area contributed by atoms with E-state index in [2.05, 4.69) is 23.8 Å². The second-order valence-corrected chi connectivity index (χ2v) is 4.84. The molecule has 1 aromatic carbocycles. The molecule has 90 valence electrons. The maximum Gasteiger partial charge on any atom is 0.0890 e. The first-order valence-electron chi connectivity index (χ1n) is 6.04. The van der Waals surface area contributed by atoms with Crippen LogP contribution in [0.25, 0.3) is 11.0 Å². The number of benzene rings is 1. The minimum absolute atomic E-state index is 0.328. The third-order valence-corrected chi connectivity index (χ3v) is 2.69.